The number of rotatable bonds is 1. The van der Waals surface area contributed by atoms with E-state index in [9.17, 15) is 8.78 Å². The second-order valence-corrected chi connectivity index (χ2v) is 2.91. The Hall–Kier alpha value is -0.140. The molecule has 0 nitrogen and oxygen atoms in total. The van der Waals surface area contributed by atoms with Crippen LogP contribution in [0.3, 0.4) is 0 Å². The third kappa shape index (κ3) is 1.41. The Balaban J connectivity index is 2.40. The largest absolute Gasteiger partial charge is 0.241 e. The molecule has 1 fully saturated rings. The van der Waals surface area contributed by atoms with Crippen molar-refractivity contribution in [3.05, 3.63) is 0 Å². The van der Waals surface area contributed by atoms with Crippen LogP contribution in [-0.4, -0.2) is 6.43 Å². The highest BCUT2D eigenvalue weighted by Gasteiger charge is 2.30. The summed E-state index contributed by atoms with van der Waals surface area (Å²) in [6.07, 6.45) is 0.645. The number of hydrogen-bond acceptors (Lipinski definition) is 0. The Kier molecular flexibility index (Phi) is 2.04. The van der Waals surface area contributed by atoms with Crippen LogP contribution in [0.25, 0.3) is 0 Å². The highest BCUT2D eigenvalue weighted by atomic mass is 19.3. The SMILES string of the molecule is CC1CCCC1C(F)F. The Morgan fingerprint density at radius 1 is 1.33 bits per heavy atom. The smallest absolute Gasteiger partial charge is 0.210 e. The molecule has 1 aliphatic carbocycles. The van der Waals surface area contributed by atoms with Gasteiger partial charge in [-0.15, -0.1) is 0 Å². The van der Waals surface area contributed by atoms with Crippen LogP contribution in [0.15, 0.2) is 0 Å². The van der Waals surface area contributed by atoms with Gasteiger partial charge < -0.3 is 0 Å². The molecule has 0 aromatic rings. The third-order valence-electron chi connectivity index (χ3n) is 2.25. The standard InChI is InChI=1S/C7H12F2/c1-5-3-2-4-6(5)7(8)9/h5-7H,2-4H2,1H3. The molecule has 9 heavy (non-hydrogen) atoms. The Morgan fingerprint density at radius 3 is 2.22 bits per heavy atom. The molecule has 2 heteroatoms. The average Bonchev–Trinajstić information content (AvgIpc) is 2.13. The molecule has 0 N–H and O–H groups in total. The van der Waals surface area contributed by atoms with Gasteiger partial charge in [0.25, 0.3) is 0 Å². The first kappa shape index (κ1) is 6.97. The van der Waals surface area contributed by atoms with E-state index in [-0.39, 0.29) is 11.8 Å². The van der Waals surface area contributed by atoms with Gasteiger partial charge in [-0.05, 0) is 12.3 Å². The molecular weight excluding hydrogens is 122 g/mol. The highest BCUT2D eigenvalue weighted by molar-refractivity contribution is 4.75. The van der Waals surface area contributed by atoms with E-state index >= 15 is 0 Å². The second-order valence-electron chi connectivity index (χ2n) is 2.91. The van der Waals surface area contributed by atoms with Crippen molar-refractivity contribution < 1.29 is 8.78 Å². The Bertz CT molecular complexity index is 90.9. The van der Waals surface area contributed by atoms with Crippen molar-refractivity contribution >= 4 is 0 Å². The monoisotopic (exact) mass is 134 g/mol. The zero-order valence-electron chi connectivity index (χ0n) is 5.61. The van der Waals surface area contributed by atoms with Gasteiger partial charge in [-0.1, -0.05) is 19.8 Å². The van der Waals surface area contributed by atoms with Gasteiger partial charge in [-0.25, -0.2) is 8.78 Å². The van der Waals surface area contributed by atoms with Crippen molar-refractivity contribution in [1.82, 2.24) is 0 Å². The first-order valence-corrected chi connectivity index (χ1v) is 3.50. The van der Waals surface area contributed by atoms with Gasteiger partial charge in [-0.2, -0.15) is 0 Å². The molecule has 0 heterocycles. The maximum atomic E-state index is 12.0. The van der Waals surface area contributed by atoms with Crippen molar-refractivity contribution in [2.45, 2.75) is 32.6 Å². The van der Waals surface area contributed by atoms with Crippen molar-refractivity contribution in [3.8, 4) is 0 Å². The minimum absolute atomic E-state index is 0.255. The van der Waals surface area contributed by atoms with Crippen LogP contribution in [0.1, 0.15) is 26.2 Å². The van der Waals surface area contributed by atoms with E-state index in [1.807, 2.05) is 6.92 Å². The summed E-state index contributed by atoms with van der Waals surface area (Å²) in [5.74, 6) is -0.0463. The lowest BCUT2D eigenvalue weighted by Gasteiger charge is -2.12. The predicted octanol–water partition coefficient (Wildman–Crippen LogP) is 2.69. The first-order valence-electron chi connectivity index (χ1n) is 3.50. The summed E-state index contributed by atoms with van der Waals surface area (Å²) in [5.41, 5.74) is 0. The summed E-state index contributed by atoms with van der Waals surface area (Å²) >= 11 is 0. The van der Waals surface area contributed by atoms with E-state index in [0.717, 1.165) is 19.3 Å². The molecular formula is C7H12F2. The summed E-state index contributed by atoms with van der Waals surface area (Å²) in [6.45, 7) is 1.92. The number of hydrogen-bond donors (Lipinski definition) is 0. The third-order valence-corrected chi connectivity index (χ3v) is 2.25. The van der Waals surface area contributed by atoms with Crippen molar-refractivity contribution in [1.29, 1.82) is 0 Å². The summed E-state index contributed by atoms with van der Waals surface area (Å²) in [7, 11) is 0. The van der Waals surface area contributed by atoms with E-state index in [4.69, 9.17) is 0 Å². The van der Waals surface area contributed by atoms with Crippen molar-refractivity contribution in [2.75, 3.05) is 0 Å². The van der Waals surface area contributed by atoms with Crippen LogP contribution < -0.4 is 0 Å². The molecule has 54 valence electrons. The molecule has 2 unspecified atom stereocenters. The Morgan fingerprint density at radius 2 is 2.00 bits per heavy atom. The van der Waals surface area contributed by atoms with Crippen LogP contribution in [0.5, 0.6) is 0 Å². The fourth-order valence-corrected chi connectivity index (χ4v) is 1.55. The van der Waals surface area contributed by atoms with Gasteiger partial charge in [0, 0.05) is 5.92 Å². The van der Waals surface area contributed by atoms with Crippen LogP contribution in [0, 0.1) is 11.8 Å². The minimum Gasteiger partial charge on any atom is -0.210 e. The molecule has 2 atom stereocenters. The average molecular weight is 134 g/mol. The summed E-state index contributed by atoms with van der Waals surface area (Å²) in [5, 5.41) is 0. The van der Waals surface area contributed by atoms with Crippen molar-refractivity contribution in [3.63, 3.8) is 0 Å². The molecule has 1 rings (SSSR count). The zero-order valence-corrected chi connectivity index (χ0v) is 5.61. The molecule has 0 spiro atoms. The van der Waals surface area contributed by atoms with E-state index in [1.54, 1.807) is 0 Å². The molecule has 0 aliphatic heterocycles. The molecule has 0 aromatic carbocycles. The van der Waals surface area contributed by atoms with E-state index in [1.165, 1.54) is 0 Å². The van der Waals surface area contributed by atoms with Crippen LogP contribution in [0.4, 0.5) is 8.78 Å². The lowest BCUT2D eigenvalue weighted by Crippen LogP contribution is -2.13. The second kappa shape index (κ2) is 2.63. The summed E-state index contributed by atoms with van der Waals surface area (Å²) < 4.78 is 24.0. The molecule has 0 radical (unpaired) electrons. The molecule has 0 amide bonds. The minimum atomic E-state index is -2.08. The van der Waals surface area contributed by atoms with Crippen LogP contribution in [-0.2, 0) is 0 Å². The topological polar surface area (TPSA) is 0 Å². The Labute approximate surface area is 54.3 Å². The van der Waals surface area contributed by atoms with Crippen LogP contribution >= 0.6 is 0 Å². The fraction of sp³-hybridized carbons (Fsp3) is 1.00. The first-order chi connectivity index (χ1) is 4.22. The molecule has 0 bridgehead atoms. The van der Waals surface area contributed by atoms with E-state index < -0.39 is 6.43 Å². The van der Waals surface area contributed by atoms with Gasteiger partial charge in [0.2, 0.25) is 6.43 Å². The number of halogens is 2. The molecule has 0 saturated heterocycles. The number of alkyl halides is 2. The van der Waals surface area contributed by atoms with Crippen LogP contribution in [0.2, 0.25) is 0 Å². The predicted molar refractivity (Wildman–Crippen MR) is 32.5 cm³/mol. The highest BCUT2D eigenvalue weighted by Crippen LogP contribution is 2.35. The van der Waals surface area contributed by atoms with E-state index in [0.29, 0.717) is 0 Å². The molecule has 0 aromatic heterocycles. The lowest BCUT2D eigenvalue weighted by atomic mass is 9.99. The fourth-order valence-electron chi connectivity index (χ4n) is 1.55. The maximum absolute atomic E-state index is 12.0. The maximum Gasteiger partial charge on any atom is 0.241 e. The molecule has 1 saturated carbocycles. The lowest BCUT2D eigenvalue weighted by molar-refractivity contribution is 0.0605. The van der Waals surface area contributed by atoms with Crippen molar-refractivity contribution in [2.24, 2.45) is 11.8 Å². The normalized spacial score (nSPS) is 36.0. The quantitative estimate of drug-likeness (QED) is 0.517. The molecule has 1 aliphatic rings. The van der Waals surface area contributed by atoms with Gasteiger partial charge in [0.1, 0.15) is 0 Å². The van der Waals surface area contributed by atoms with Gasteiger partial charge >= 0.3 is 0 Å². The van der Waals surface area contributed by atoms with Gasteiger partial charge in [-0.3, -0.25) is 0 Å². The summed E-state index contributed by atoms with van der Waals surface area (Å²) in [6, 6.07) is 0. The van der Waals surface area contributed by atoms with Gasteiger partial charge in [0.05, 0.1) is 0 Å². The zero-order chi connectivity index (χ0) is 6.85. The van der Waals surface area contributed by atoms with E-state index in [2.05, 4.69) is 0 Å². The summed E-state index contributed by atoms with van der Waals surface area (Å²) in [4.78, 5) is 0. The van der Waals surface area contributed by atoms with Gasteiger partial charge in [0.15, 0.2) is 0 Å².